The Morgan fingerprint density at radius 3 is 2.38 bits per heavy atom. The summed E-state index contributed by atoms with van der Waals surface area (Å²) >= 11 is 0. The molecule has 0 saturated carbocycles. The first-order valence-electron chi connectivity index (χ1n) is 8.18. The standard InChI is InChI=1S/C18H28O3/c1-3-5-6-7-8-9-10-11-17(19)16-14-15(21-4-2)12-13-18(16)20/h12-14,20H,3-11H2,1-2H3. The molecule has 1 rings (SSSR count). The molecule has 0 amide bonds. The summed E-state index contributed by atoms with van der Waals surface area (Å²) in [5, 5.41) is 9.80. The van der Waals surface area contributed by atoms with E-state index in [4.69, 9.17) is 4.74 Å². The third-order valence-electron chi connectivity index (χ3n) is 3.59. The van der Waals surface area contributed by atoms with Gasteiger partial charge in [0, 0.05) is 6.42 Å². The van der Waals surface area contributed by atoms with Crippen molar-refractivity contribution in [2.24, 2.45) is 0 Å². The topological polar surface area (TPSA) is 46.5 Å². The van der Waals surface area contributed by atoms with E-state index in [2.05, 4.69) is 6.92 Å². The van der Waals surface area contributed by atoms with E-state index >= 15 is 0 Å². The van der Waals surface area contributed by atoms with Crippen LogP contribution < -0.4 is 4.74 Å². The molecule has 0 aromatic heterocycles. The maximum Gasteiger partial charge on any atom is 0.166 e. The number of Topliss-reactive ketones (excluding diaryl/α,β-unsaturated/α-hetero) is 1. The zero-order valence-corrected chi connectivity index (χ0v) is 13.4. The molecule has 1 aromatic rings. The number of rotatable bonds is 11. The summed E-state index contributed by atoms with van der Waals surface area (Å²) in [4.78, 5) is 12.1. The second-order valence-electron chi connectivity index (χ2n) is 5.41. The highest BCUT2D eigenvalue weighted by molar-refractivity contribution is 5.98. The van der Waals surface area contributed by atoms with Gasteiger partial charge in [-0.2, -0.15) is 0 Å². The third-order valence-corrected chi connectivity index (χ3v) is 3.59. The van der Waals surface area contributed by atoms with Gasteiger partial charge in [-0.25, -0.2) is 0 Å². The molecule has 3 nitrogen and oxygen atoms in total. The fourth-order valence-corrected chi connectivity index (χ4v) is 2.37. The van der Waals surface area contributed by atoms with Crippen molar-refractivity contribution in [3.05, 3.63) is 23.8 Å². The minimum Gasteiger partial charge on any atom is -0.507 e. The first-order chi connectivity index (χ1) is 10.2. The van der Waals surface area contributed by atoms with Crippen molar-refractivity contribution in [2.75, 3.05) is 6.61 Å². The lowest BCUT2D eigenvalue weighted by molar-refractivity contribution is 0.0976. The lowest BCUT2D eigenvalue weighted by Gasteiger charge is -2.08. The highest BCUT2D eigenvalue weighted by Gasteiger charge is 2.12. The van der Waals surface area contributed by atoms with Crippen LogP contribution in [0.5, 0.6) is 11.5 Å². The zero-order valence-electron chi connectivity index (χ0n) is 13.4. The molecular weight excluding hydrogens is 264 g/mol. The van der Waals surface area contributed by atoms with Gasteiger partial charge in [0.15, 0.2) is 5.78 Å². The van der Waals surface area contributed by atoms with E-state index in [0.29, 0.717) is 24.3 Å². The van der Waals surface area contributed by atoms with Crippen LogP contribution in [0.2, 0.25) is 0 Å². The number of carbonyl (C=O) groups is 1. The first kappa shape index (κ1) is 17.5. The molecule has 0 aliphatic heterocycles. The summed E-state index contributed by atoms with van der Waals surface area (Å²) in [6.07, 6.45) is 8.78. The molecule has 0 atom stereocenters. The Morgan fingerprint density at radius 1 is 1.05 bits per heavy atom. The lowest BCUT2D eigenvalue weighted by Crippen LogP contribution is -2.01. The number of ketones is 1. The molecule has 0 heterocycles. The smallest absolute Gasteiger partial charge is 0.166 e. The summed E-state index contributed by atoms with van der Waals surface area (Å²) in [5.74, 6) is 0.687. The van der Waals surface area contributed by atoms with Gasteiger partial charge in [0.1, 0.15) is 11.5 Å². The number of benzene rings is 1. The van der Waals surface area contributed by atoms with Crippen molar-refractivity contribution in [1.82, 2.24) is 0 Å². The van der Waals surface area contributed by atoms with Crippen molar-refractivity contribution in [2.45, 2.75) is 65.2 Å². The number of ether oxygens (including phenoxy) is 1. The number of aromatic hydroxyl groups is 1. The van der Waals surface area contributed by atoms with Gasteiger partial charge in [-0.15, -0.1) is 0 Å². The average molecular weight is 292 g/mol. The van der Waals surface area contributed by atoms with Crippen LogP contribution in [0.15, 0.2) is 18.2 Å². The Kier molecular flexibility index (Phi) is 8.56. The molecule has 0 saturated heterocycles. The predicted octanol–water partition coefficient (Wildman–Crippen LogP) is 5.11. The molecular formula is C18H28O3. The molecule has 0 aliphatic rings. The molecule has 0 aliphatic carbocycles. The maximum atomic E-state index is 12.1. The molecule has 0 bridgehead atoms. The Labute approximate surface area is 128 Å². The summed E-state index contributed by atoms with van der Waals surface area (Å²) in [6, 6.07) is 4.86. The monoisotopic (exact) mass is 292 g/mol. The van der Waals surface area contributed by atoms with Gasteiger partial charge < -0.3 is 9.84 Å². The largest absolute Gasteiger partial charge is 0.507 e. The van der Waals surface area contributed by atoms with Crippen LogP contribution in [0.25, 0.3) is 0 Å². The van der Waals surface area contributed by atoms with E-state index in [-0.39, 0.29) is 11.5 Å². The summed E-state index contributed by atoms with van der Waals surface area (Å²) < 4.78 is 5.37. The third kappa shape index (κ3) is 6.65. The van der Waals surface area contributed by atoms with Gasteiger partial charge in [0.25, 0.3) is 0 Å². The van der Waals surface area contributed by atoms with Crippen LogP contribution >= 0.6 is 0 Å². The zero-order chi connectivity index (χ0) is 15.5. The number of phenols is 1. The van der Waals surface area contributed by atoms with E-state index in [1.54, 1.807) is 12.1 Å². The normalized spacial score (nSPS) is 10.6. The Balaban J connectivity index is 2.36. The van der Waals surface area contributed by atoms with Crippen molar-refractivity contribution >= 4 is 5.78 Å². The molecule has 1 N–H and O–H groups in total. The fourth-order valence-electron chi connectivity index (χ4n) is 2.37. The Hall–Kier alpha value is -1.51. The molecule has 3 heteroatoms. The molecule has 118 valence electrons. The molecule has 0 unspecified atom stereocenters. The second kappa shape index (κ2) is 10.3. The van der Waals surface area contributed by atoms with Crippen molar-refractivity contribution in [1.29, 1.82) is 0 Å². The van der Waals surface area contributed by atoms with E-state index in [0.717, 1.165) is 12.8 Å². The summed E-state index contributed by atoms with van der Waals surface area (Å²) in [5.41, 5.74) is 0.381. The fraction of sp³-hybridized carbons (Fsp3) is 0.611. The predicted molar refractivity (Wildman–Crippen MR) is 86.2 cm³/mol. The minimum absolute atomic E-state index is 0.00242. The number of hydrogen-bond acceptors (Lipinski definition) is 3. The van der Waals surface area contributed by atoms with Crippen molar-refractivity contribution in [3.8, 4) is 11.5 Å². The van der Waals surface area contributed by atoms with Crippen molar-refractivity contribution < 1.29 is 14.6 Å². The van der Waals surface area contributed by atoms with Crippen LogP contribution in [0, 0.1) is 0 Å². The van der Waals surface area contributed by atoms with Crippen LogP contribution in [0.1, 0.15) is 75.6 Å². The SMILES string of the molecule is CCCCCCCCCC(=O)c1cc(OCC)ccc1O. The Bertz CT molecular complexity index is 426. The number of unbranched alkanes of at least 4 members (excludes halogenated alkanes) is 6. The highest BCUT2D eigenvalue weighted by atomic mass is 16.5. The van der Waals surface area contributed by atoms with Crippen LogP contribution in [-0.4, -0.2) is 17.5 Å². The van der Waals surface area contributed by atoms with E-state index in [9.17, 15) is 9.90 Å². The van der Waals surface area contributed by atoms with Gasteiger partial charge >= 0.3 is 0 Å². The molecule has 1 aromatic carbocycles. The quantitative estimate of drug-likeness (QED) is 0.455. The van der Waals surface area contributed by atoms with Gasteiger partial charge in [0.2, 0.25) is 0 Å². The van der Waals surface area contributed by atoms with Gasteiger partial charge in [-0.1, -0.05) is 45.4 Å². The van der Waals surface area contributed by atoms with E-state index in [1.807, 2.05) is 6.92 Å². The molecule has 0 fully saturated rings. The molecule has 21 heavy (non-hydrogen) atoms. The summed E-state index contributed by atoms with van der Waals surface area (Å²) in [7, 11) is 0. The van der Waals surface area contributed by atoms with Crippen LogP contribution in [-0.2, 0) is 0 Å². The summed E-state index contributed by atoms with van der Waals surface area (Å²) in [6.45, 7) is 4.66. The number of hydrogen-bond donors (Lipinski definition) is 1. The molecule has 0 radical (unpaired) electrons. The second-order valence-corrected chi connectivity index (χ2v) is 5.41. The van der Waals surface area contributed by atoms with E-state index < -0.39 is 0 Å². The number of phenolic OH excluding ortho intramolecular Hbond substituents is 1. The van der Waals surface area contributed by atoms with Gasteiger partial charge in [-0.3, -0.25) is 4.79 Å². The van der Waals surface area contributed by atoms with Crippen LogP contribution in [0.3, 0.4) is 0 Å². The van der Waals surface area contributed by atoms with Crippen molar-refractivity contribution in [3.63, 3.8) is 0 Å². The van der Waals surface area contributed by atoms with Gasteiger partial charge in [-0.05, 0) is 31.5 Å². The maximum absolute atomic E-state index is 12.1. The minimum atomic E-state index is 0.00242. The van der Waals surface area contributed by atoms with Gasteiger partial charge in [0.05, 0.1) is 12.2 Å². The Morgan fingerprint density at radius 2 is 1.71 bits per heavy atom. The van der Waals surface area contributed by atoms with E-state index in [1.165, 1.54) is 38.2 Å². The first-order valence-corrected chi connectivity index (χ1v) is 8.18. The average Bonchev–Trinajstić information content (AvgIpc) is 2.48. The number of carbonyl (C=O) groups excluding carboxylic acids is 1. The van der Waals surface area contributed by atoms with Crippen LogP contribution in [0.4, 0.5) is 0 Å². The lowest BCUT2D eigenvalue weighted by atomic mass is 10.0. The molecule has 0 spiro atoms. The highest BCUT2D eigenvalue weighted by Crippen LogP contribution is 2.25.